The van der Waals surface area contributed by atoms with E-state index in [1.54, 1.807) is 18.4 Å². The normalized spacial score (nSPS) is 22.6. The number of methoxy groups -OCH3 is 1. The number of hydrogen-bond donors (Lipinski definition) is 1. The number of ether oxygens (including phenoxy) is 1. The number of carbonyl (C=O) groups excluding carboxylic acids is 1. The van der Waals surface area contributed by atoms with Gasteiger partial charge in [-0.3, -0.25) is 4.79 Å². The summed E-state index contributed by atoms with van der Waals surface area (Å²) in [5.74, 6) is 0.558. The highest BCUT2D eigenvalue weighted by molar-refractivity contribution is 7.19. The quantitative estimate of drug-likeness (QED) is 0.583. The van der Waals surface area contributed by atoms with Crippen molar-refractivity contribution in [2.45, 2.75) is 45.3 Å². The Hall–Kier alpha value is -2.31. The highest BCUT2D eigenvalue weighted by Gasteiger charge is 2.45. The summed E-state index contributed by atoms with van der Waals surface area (Å²) in [6, 6.07) is 12.2. The summed E-state index contributed by atoms with van der Waals surface area (Å²) in [6.45, 7) is 6.15. The van der Waals surface area contributed by atoms with E-state index in [9.17, 15) is 4.79 Å². The zero-order valence-corrected chi connectivity index (χ0v) is 17.5. The topological polar surface area (TPSA) is 64.1 Å². The Balaban J connectivity index is 1.65. The molecule has 5 nitrogen and oxygen atoms in total. The third kappa shape index (κ3) is 3.54. The average Bonchev–Trinajstić information content (AvgIpc) is 3.05. The maximum atomic E-state index is 13.2. The summed E-state index contributed by atoms with van der Waals surface area (Å²) in [5.41, 5.74) is 2.32. The van der Waals surface area contributed by atoms with Crippen LogP contribution in [0.2, 0.25) is 0 Å². The molecule has 4 rings (SSSR count). The molecule has 0 radical (unpaired) electrons. The van der Waals surface area contributed by atoms with Crippen LogP contribution in [0.3, 0.4) is 0 Å². The molecule has 2 aromatic heterocycles. The van der Waals surface area contributed by atoms with Gasteiger partial charge in [-0.25, -0.2) is 9.97 Å². The molecule has 0 spiro atoms. The van der Waals surface area contributed by atoms with E-state index in [0.717, 1.165) is 33.5 Å². The van der Waals surface area contributed by atoms with Crippen molar-refractivity contribution in [2.24, 2.45) is 5.92 Å². The van der Waals surface area contributed by atoms with Crippen LogP contribution < -0.4 is 5.32 Å². The molecule has 6 heteroatoms. The minimum absolute atomic E-state index is 0.0372. The fourth-order valence-corrected chi connectivity index (χ4v) is 4.77. The molecule has 1 aliphatic carbocycles. The molecule has 1 saturated carbocycles. The lowest BCUT2D eigenvalue weighted by molar-refractivity contribution is -0.0801. The molecule has 28 heavy (non-hydrogen) atoms. The molecule has 1 aliphatic rings. The maximum absolute atomic E-state index is 13.2. The average molecular weight is 396 g/mol. The van der Waals surface area contributed by atoms with Crippen LogP contribution in [-0.4, -0.2) is 28.5 Å². The van der Waals surface area contributed by atoms with E-state index < -0.39 is 0 Å². The number of ketones is 1. The second-order valence-electron chi connectivity index (χ2n) is 7.87. The summed E-state index contributed by atoms with van der Waals surface area (Å²) in [6.07, 6.45) is 1.47. The molecule has 0 amide bonds. The van der Waals surface area contributed by atoms with Crippen LogP contribution in [0.25, 0.3) is 10.2 Å². The van der Waals surface area contributed by atoms with Crippen LogP contribution in [0.15, 0.2) is 36.4 Å². The first kappa shape index (κ1) is 19.0. The number of carbonyl (C=O) groups is 1. The summed E-state index contributed by atoms with van der Waals surface area (Å²) in [4.78, 5) is 23.6. The largest absolute Gasteiger partial charge is 0.378 e. The van der Waals surface area contributed by atoms with E-state index in [-0.39, 0.29) is 23.3 Å². The number of rotatable bonds is 6. The number of fused-ring (bicyclic) bond motifs is 1. The van der Waals surface area contributed by atoms with Gasteiger partial charge in [0.2, 0.25) is 5.95 Å². The van der Waals surface area contributed by atoms with Crippen molar-refractivity contribution in [1.29, 1.82) is 0 Å². The summed E-state index contributed by atoms with van der Waals surface area (Å²) in [5, 5.41) is 3.36. The molecule has 0 aliphatic heterocycles. The Labute approximate surface area is 169 Å². The molecular formula is C22H25N3O2S. The molecule has 0 bridgehead atoms. The number of thiophene rings is 1. The van der Waals surface area contributed by atoms with Crippen molar-refractivity contribution in [3.05, 3.63) is 52.5 Å². The van der Waals surface area contributed by atoms with E-state index >= 15 is 0 Å². The molecule has 0 unspecified atom stereocenters. The molecule has 0 saturated heterocycles. The Morgan fingerprint density at radius 3 is 2.68 bits per heavy atom. The fraction of sp³-hybridized carbons (Fsp3) is 0.409. The lowest BCUT2D eigenvalue weighted by Crippen LogP contribution is -2.46. The number of hydrogen-bond acceptors (Lipinski definition) is 6. The molecule has 1 N–H and O–H groups in total. The summed E-state index contributed by atoms with van der Waals surface area (Å²) in [7, 11) is 1.71. The van der Waals surface area contributed by atoms with E-state index in [1.165, 1.54) is 0 Å². The Morgan fingerprint density at radius 2 is 2.00 bits per heavy atom. The maximum Gasteiger partial charge on any atom is 0.224 e. The molecule has 2 heterocycles. The van der Waals surface area contributed by atoms with E-state index in [4.69, 9.17) is 4.74 Å². The second-order valence-corrected chi connectivity index (χ2v) is 9.12. The van der Waals surface area contributed by atoms with Gasteiger partial charge in [0.05, 0.1) is 21.9 Å². The highest BCUT2D eigenvalue weighted by atomic mass is 32.1. The Morgan fingerprint density at radius 1 is 1.29 bits per heavy atom. The molecule has 1 atom stereocenters. The van der Waals surface area contributed by atoms with Crippen molar-refractivity contribution >= 4 is 33.3 Å². The van der Waals surface area contributed by atoms with Crippen LogP contribution in [-0.2, 0) is 4.74 Å². The van der Waals surface area contributed by atoms with Crippen molar-refractivity contribution in [2.75, 3.05) is 12.4 Å². The van der Waals surface area contributed by atoms with Crippen LogP contribution >= 0.6 is 11.3 Å². The van der Waals surface area contributed by atoms with Crippen molar-refractivity contribution in [1.82, 2.24) is 9.97 Å². The van der Waals surface area contributed by atoms with Gasteiger partial charge in [0, 0.05) is 17.9 Å². The van der Waals surface area contributed by atoms with Gasteiger partial charge in [0.15, 0.2) is 5.78 Å². The summed E-state index contributed by atoms with van der Waals surface area (Å²) >= 11 is 1.58. The van der Waals surface area contributed by atoms with Crippen LogP contribution in [0.1, 0.15) is 53.7 Å². The van der Waals surface area contributed by atoms with Gasteiger partial charge in [-0.1, -0.05) is 30.3 Å². The monoisotopic (exact) mass is 395 g/mol. The van der Waals surface area contributed by atoms with Gasteiger partial charge in [-0.15, -0.1) is 11.3 Å². The zero-order chi connectivity index (χ0) is 19.9. The fourth-order valence-electron chi connectivity index (χ4n) is 3.83. The number of benzene rings is 1. The minimum Gasteiger partial charge on any atom is -0.378 e. The van der Waals surface area contributed by atoms with Crippen molar-refractivity contribution in [3.63, 3.8) is 0 Å². The van der Waals surface area contributed by atoms with Crippen LogP contribution in [0.5, 0.6) is 0 Å². The second kappa shape index (κ2) is 7.26. The van der Waals surface area contributed by atoms with Crippen molar-refractivity contribution in [3.8, 4) is 0 Å². The van der Waals surface area contributed by atoms with Crippen LogP contribution in [0, 0.1) is 12.8 Å². The Kier molecular flexibility index (Phi) is 4.93. The standard InChI is InChI=1S/C22H25N3O2S/c1-13-10-17-20(28-13)18(19(26)16-11-22(3,12-16)27-4)25-21(24-17)23-14(2)15-8-6-5-7-9-15/h5-10,14,16H,11-12H2,1-4H3,(H,23,24,25)/t14-,16?,22?/m0/s1. The van der Waals surface area contributed by atoms with E-state index in [1.807, 2.05) is 31.2 Å². The number of aryl methyl sites for hydroxylation is 1. The van der Waals surface area contributed by atoms with Gasteiger partial charge < -0.3 is 10.1 Å². The summed E-state index contributed by atoms with van der Waals surface area (Å²) < 4.78 is 6.39. The molecular weight excluding hydrogens is 370 g/mol. The van der Waals surface area contributed by atoms with Gasteiger partial charge in [0.25, 0.3) is 0 Å². The van der Waals surface area contributed by atoms with Gasteiger partial charge >= 0.3 is 0 Å². The zero-order valence-electron chi connectivity index (χ0n) is 16.7. The van der Waals surface area contributed by atoms with Gasteiger partial charge in [-0.2, -0.15) is 0 Å². The number of Topliss-reactive ketones (excluding diaryl/α,β-unsaturated/α-hetero) is 1. The number of nitrogens with one attached hydrogen (secondary N) is 1. The lowest BCUT2D eigenvalue weighted by atomic mass is 9.69. The minimum atomic E-state index is -0.194. The highest BCUT2D eigenvalue weighted by Crippen LogP contribution is 2.42. The predicted octanol–water partition coefficient (Wildman–Crippen LogP) is 5.17. The first-order valence-corrected chi connectivity index (χ1v) is 10.4. The molecule has 146 valence electrons. The molecule has 3 aromatic rings. The first-order chi connectivity index (χ1) is 13.4. The SMILES string of the molecule is COC1(C)CC(C(=O)c2nc(N[C@@H](C)c3ccccc3)nc3cc(C)sc23)C1. The molecule has 1 fully saturated rings. The predicted molar refractivity (Wildman–Crippen MR) is 113 cm³/mol. The first-order valence-electron chi connectivity index (χ1n) is 9.57. The number of nitrogens with zero attached hydrogens (tertiary/aromatic N) is 2. The van der Waals surface area contributed by atoms with E-state index in [0.29, 0.717) is 11.6 Å². The van der Waals surface area contributed by atoms with Gasteiger partial charge in [0.1, 0.15) is 5.69 Å². The number of anilines is 1. The third-order valence-corrected chi connectivity index (χ3v) is 6.64. The lowest BCUT2D eigenvalue weighted by Gasteiger charge is -2.43. The Bertz CT molecular complexity index is 1010. The third-order valence-electron chi connectivity index (χ3n) is 5.59. The molecule has 1 aromatic carbocycles. The van der Waals surface area contributed by atoms with Crippen LogP contribution in [0.4, 0.5) is 5.95 Å². The van der Waals surface area contributed by atoms with Gasteiger partial charge in [-0.05, 0) is 45.2 Å². The number of aromatic nitrogens is 2. The smallest absolute Gasteiger partial charge is 0.224 e. The van der Waals surface area contributed by atoms with Crippen molar-refractivity contribution < 1.29 is 9.53 Å². The van der Waals surface area contributed by atoms with E-state index in [2.05, 4.69) is 41.3 Å².